The second-order valence-corrected chi connectivity index (χ2v) is 4.12. The molecule has 0 spiro atoms. The van der Waals surface area contributed by atoms with Crippen LogP contribution >= 0.6 is 0 Å². The van der Waals surface area contributed by atoms with E-state index in [2.05, 4.69) is 0 Å². The number of ether oxygens (including phenoxy) is 4. The second kappa shape index (κ2) is 5.77. The highest BCUT2D eigenvalue weighted by Crippen LogP contribution is 2.31. The number of carbonyl (C=O) groups excluding carboxylic acids is 1. The molecule has 1 saturated heterocycles. The van der Waals surface area contributed by atoms with Gasteiger partial charge >= 0.3 is 5.97 Å². The van der Waals surface area contributed by atoms with E-state index in [0.29, 0.717) is 6.61 Å². The second-order valence-electron chi connectivity index (χ2n) is 4.12. The Kier molecular flexibility index (Phi) is 4.88. The lowest BCUT2D eigenvalue weighted by Gasteiger charge is -2.21. The molecule has 17 heavy (non-hydrogen) atoms. The van der Waals surface area contributed by atoms with Crippen LogP contribution in [0.2, 0.25) is 0 Å². The van der Waals surface area contributed by atoms with Crippen molar-refractivity contribution in [3.05, 3.63) is 0 Å². The van der Waals surface area contributed by atoms with E-state index < -0.39 is 30.3 Å². The molecule has 1 heterocycles. The topological polar surface area (TPSA) is 74.2 Å². The molecule has 1 aliphatic heterocycles. The largest absolute Gasteiger partial charge is 0.464 e. The lowest BCUT2D eigenvalue weighted by molar-refractivity contribution is -0.199. The Balaban J connectivity index is 2.74. The van der Waals surface area contributed by atoms with Gasteiger partial charge in [-0.05, 0) is 27.7 Å². The van der Waals surface area contributed by atoms with Crippen molar-refractivity contribution in [3.63, 3.8) is 0 Å². The van der Waals surface area contributed by atoms with Gasteiger partial charge in [0, 0.05) is 6.61 Å². The van der Waals surface area contributed by atoms with Crippen LogP contribution in [0.25, 0.3) is 0 Å². The number of aliphatic hydroxyl groups excluding tert-OH is 1. The third kappa shape index (κ3) is 3.64. The quantitative estimate of drug-likeness (QED) is 0.561. The number of rotatable bonds is 5. The van der Waals surface area contributed by atoms with Crippen LogP contribution in [0.5, 0.6) is 0 Å². The van der Waals surface area contributed by atoms with Crippen LogP contribution in [0.3, 0.4) is 0 Å². The summed E-state index contributed by atoms with van der Waals surface area (Å²) in [5.74, 6) is -1.50. The summed E-state index contributed by atoms with van der Waals surface area (Å²) in [4.78, 5) is 11.7. The molecule has 0 saturated carbocycles. The number of hydrogen-bond donors (Lipinski definition) is 1. The molecule has 0 aromatic rings. The molecule has 0 aromatic carbocycles. The van der Waals surface area contributed by atoms with Crippen molar-refractivity contribution in [2.24, 2.45) is 0 Å². The average Bonchev–Trinajstić information content (AvgIpc) is 2.55. The van der Waals surface area contributed by atoms with Crippen LogP contribution in [0, 0.1) is 0 Å². The summed E-state index contributed by atoms with van der Waals surface area (Å²) in [7, 11) is 0. The molecule has 0 radical (unpaired) electrons. The summed E-state index contributed by atoms with van der Waals surface area (Å²) in [5, 5.41) is 9.73. The van der Waals surface area contributed by atoms with Crippen molar-refractivity contribution >= 4 is 5.97 Å². The first-order chi connectivity index (χ1) is 7.91. The standard InChI is InChI=1S/C11H20O6/c1-5-14-9(12)7-8(10(13)15-6-2)17-11(3,4)16-7/h7-9,12H,5-6H2,1-4H3. The predicted molar refractivity (Wildman–Crippen MR) is 58.1 cm³/mol. The van der Waals surface area contributed by atoms with E-state index in [1.807, 2.05) is 0 Å². The molecule has 100 valence electrons. The van der Waals surface area contributed by atoms with Crippen LogP contribution in [0.1, 0.15) is 27.7 Å². The van der Waals surface area contributed by atoms with Gasteiger partial charge < -0.3 is 24.1 Å². The van der Waals surface area contributed by atoms with Crippen LogP contribution in [0.15, 0.2) is 0 Å². The van der Waals surface area contributed by atoms with Gasteiger partial charge in [-0.15, -0.1) is 0 Å². The minimum Gasteiger partial charge on any atom is -0.464 e. The van der Waals surface area contributed by atoms with Crippen molar-refractivity contribution < 1.29 is 28.8 Å². The normalized spacial score (nSPS) is 29.0. The van der Waals surface area contributed by atoms with Crippen LogP contribution in [-0.2, 0) is 23.7 Å². The van der Waals surface area contributed by atoms with Gasteiger partial charge in [-0.1, -0.05) is 0 Å². The molecule has 0 aliphatic carbocycles. The smallest absolute Gasteiger partial charge is 0.338 e. The molecule has 0 bridgehead atoms. The zero-order valence-corrected chi connectivity index (χ0v) is 10.6. The van der Waals surface area contributed by atoms with Crippen molar-refractivity contribution in [1.29, 1.82) is 0 Å². The Hall–Kier alpha value is -0.690. The highest BCUT2D eigenvalue weighted by atomic mass is 16.8. The molecule has 0 aromatic heterocycles. The highest BCUT2D eigenvalue weighted by molar-refractivity contribution is 5.75. The molecule has 0 amide bonds. The van der Waals surface area contributed by atoms with Gasteiger partial charge in [-0.25, -0.2) is 4.79 Å². The molecule has 6 nitrogen and oxygen atoms in total. The third-order valence-corrected chi connectivity index (χ3v) is 2.27. The molecule has 6 heteroatoms. The third-order valence-electron chi connectivity index (χ3n) is 2.27. The summed E-state index contributed by atoms with van der Waals surface area (Å²) < 4.78 is 20.7. The van der Waals surface area contributed by atoms with Gasteiger partial charge in [0.05, 0.1) is 6.61 Å². The number of aliphatic hydroxyl groups is 1. The fourth-order valence-electron chi connectivity index (χ4n) is 1.67. The molecule has 3 atom stereocenters. The maximum atomic E-state index is 11.7. The first-order valence-corrected chi connectivity index (χ1v) is 5.73. The average molecular weight is 248 g/mol. The lowest BCUT2D eigenvalue weighted by atomic mass is 10.2. The zero-order valence-electron chi connectivity index (χ0n) is 10.6. The van der Waals surface area contributed by atoms with Crippen molar-refractivity contribution in [2.75, 3.05) is 13.2 Å². The molecule has 1 N–H and O–H groups in total. The highest BCUT2D eigenvalue weighted by Gasteiger charge is 2.49. The predicted octanol–water partition coefficient (Wildman–Crippen LogP) is 0.424. The van der Waals surface area contributed by atoms with Gasteiger partial charge in [0.15, 0.2) is 18.2 Å². The maximum absolute atomic E-state index is 11.7. The Labute approximate surface area is 101 Å². The van der Waals surface area contributed by atoms with E-state index in [-0.39, 0.29) is 6.61 Å². The molecule has 1 aliphatic rings. The molecule has 1 rings (SSSR count). The van der Waals surface area contributed by atoms with Crippen molar-refractivity contribution in [2.45, 2.75) is 52.0 Å². The number of hydrogen-bond acceptors (Lipinski definition) is 6. The monoisotopic (exact) mass is 248 g/mol. The van der Waals surface area contributed by atoms with Gasteiger partial charge in [-0.3, -0.25) is 0 Å². The van der Waals surface area contributed by atoms with Gasteiger partial charge in [0.1, 0.15) is 6.10 Å². The minimum atomic E-state index is -1.21. The molecular weight excluding hydrogens is 228 g/mol. The summed E-state index contributed by atoms with van der Waals surface area (Å²) >= 11 is 0. The van der Waals surface area contributed by atoms with Crippen LogP contribution in [0.4, 0.5) is 0 Å². The fourth-order valence-corrected chi connectivity index (χ4v) is 1.67. The first-order valence-electron chi connectivity index (χ1n) is 5.73. The number of carbonyl (C=O) groups is 1. The molecular formula is C11H20O6. The van der Waals surface area contributed by atoms with E-state index in [0.717, 1.165) is 0 Å². The maximum Gasteiger partial charge on any atom is 0.338 e. The Morgan fingerprint density at radius 2 is 2.00 bits per heavy atom. The summed E-state index contributed by atoms with van der Waals surface area (Å²) in [6, 6.07) is 0. The Morgan fingerprint density at radius 3 is 2.53 bits per heavy atom. The lowest BCUT2D eigenvalue weighted by Crippen LogP contribution is -2.42. The SMILES string of the molecule is CCOC(=O)C1OC(C)(C)OC1C(O)OCC. The summed E-state index contributed by atoms with van der Waals surface area (Å²) in [5.41, 5.74) is 0. The molecule has 1 fully saturated rings. The summed E-state index contributed by atoms with van der Waals surface area (Å²) in [6.45, 7) is 7.33. The van der Waals surface area contributed by atoms with E-state index in [9.17, 15) is 9.90 Å². The van der Waals surface area contributed by atoms with Gasteiger partial charge in [0.2, 0.25) is 0 Å². The summed E-state index contributed by atoms with van der Waals surface area (Å²) in [6.07, 6.45) is -3.05. The van der Waals surface area contributed by atoms with Gasteiger partial charge in [-0.2, -0.15) is 0 Å². The van der Waals surface area contributed by atoms with Crippen molar-refractivity contribution in [3.8, 4) is 0 Å². The van der Waals surface area contributed by atoms with E-state index in [4.69, 9.17) is 18.9 Å². The Morgan fingerprint density at radius 1 is 1.35 bits per heavy atom. The Bertz CT molecular complexity index is 265. The van der Waals surface area contributed by atoms with Crippen LogP contribution in [-0.4, -0.2) is 48.6 Å². The van der Waals surface area contributed by atoms with E-state index >= 15 is 0 Å². The molecule has 3 unspecified atom stereocenters. The minimum absolute atomic E-state index is 0.247. The fraction of sp³-hybridized carbons (Fsp3) is 0.909. The first kappa shape index (κ1) is 14.4. The van der Waals surface area contributed by atoms with E-state index in [1.165, 1.54) is 0 Å². The van der Waals surface area contributed by atoms with Gasteiger partial charge in [0.25, 0.3) is 0 Å². The van der Waals surface area contributed by atoms with E-state index in [1.54, 1.807) is 27.7 Å². The zero-order chi connectivity index (χ0) is 13.1. The van der Waals surface area contributed by atoms with Crippen LogP contribution < -0.4 is 0 Å². The van der Waals surface area contributed by atoms with Crippen molar-refractivity contribution in [1.82, 2.24) is 0 Å². The number of esters is 1.